The molecular formula is C21H26N6O. The molecule has 2 amide bonds. The van der Waals surface area contributed by atoms with Gasteiger partial charge in [0.05, 0.1) is 0 Å². The second kappa shape index (κ2) is 8.73. The average molecular weight is 378 g/mol. The Morgan fingerprint density at radius 3 is 2.71 bits per heavy atom. The molecule has 1 saturated heterocycles. The zero-order valence-corrected chi connectivity index (χ0v) is 16.0. The van der Waals surface area contributed by atoms with Crippen LogP contribution in [0.2, 0.25) is 0 Å². The van der Waals surface area contributed by atoms with E-state index < -0.39 is 0 Å². The number of amides is 2. The van der Waals surface area contributed by atoms with Crippen molar-refractivity contribution in [2.45, 2.75) is 19.3 Å². The van der Waals surface area contributed by atoms with Gasteiger partial charge in [-0.2, -0.15) is 0 Å². The van der Waals surface area contributed by atoms with E-state index >= 15 is 0 Å². The molecule has 3 heterocycles. The van der Waals surface area contributed by atoms with Crippen LogP contribution < -0.4 is 10.2 Å². The second-order valence-corrected chi connectivity index (χ2v) is 7.04. The first kappa shape index (κ1) is 18.3. The molecule has 28 heavy (non-hydrogen) atoms. The van der Waals surface area contributed by atoms with Gasteiger partial charge in [0, 0.05) is 51.0 Å². The first-order valence-electron chi connectivity index (χ1n) is 9.93. The van der Waals surface area contributed by atoms with Crippen LogP contribution in [0.4, 0.5) is 10.5 Å². The zero-order valence-electron chi connectivity index (χ0n) is 16.0. The number of anilines is 1. The molecule has 1 aliphatic heterocycles. The fourth-order valence-electron chi connectivity index (χ4n) is 3.63. The molecule has 4 rings (SSSR count). The molecule has 2 aromatic heterocycles. The predicted molar refractivity (Wildman–Crippen MR) is 110 cm³/mol. The Kier molecular flexibility index (Phi) is 5.70. The molecule has 1 fully saturated rings. The van der Waals surface area contributed by atoms with E-state index in [1.54, 1.807) is 0 Å². The molecule has 1 N–H and O–H groups in total. The van der Waals surface area contributed by atoms with E-state index in [1.807, 2.05) is 39.8 Å². The third-order valence-electron chi connectivity index (χ3n) is 5.14. The van der Waals surface area contributed by atoms with Gasteiger partial charge < -0.3 is 15.1 Å². The summed E-state index contributed by atoms with van der Waals surface area (Å²) in [6.07, 6.45) is 4.58. The highest BCUT2D eigenvalue weighted by Crippen LogP contribution is 2.15. The van der Waals surface area contributed by atoms with E-state index in [1.165, 1.54) is 5.69 Å². The lowest BCUT2D eigenvalue weighted by Gasteiger charge is -2.23. The molecule has 1 aliphatic rings. The number of hydrogen-bond acceptors (Lipinski definition) is 4. The van der Waals surface area contributed by atoms with Gasteiger partial charge in [-0.3, -0.25) is 4.40 Å². The third-order valence-corrected chi connectivity index (χ3v) is 5.14. The molecule has 0 bridgehead atoms. The number of aryl methyl sites for hydroxylation is 1. The molecule has 0 saturated carbocycles. The molecule has 146 valence electrons. The summed E-state index contributed by atoms with van der Waals surface area (Å²) < 4.78 is 1.99. The van der Waals surface area contributed by atoms with Crippen LogP contribution in [0.1, 0.15) is 18.7 Å². The number of nitrogens with one attached hydrogen (secondary N) is 1. The SMILES string of the molecule is O=C(NCCCc1nnc2ccccn12)N1CCCN(c2ccccc2)CC1. The second-order valence-electron chi connectivity index (χ2n) is 7.04. The van der Waals surface area contributed by atoms with Gasteiger partial charge in [-0.1, -0.05) is 24.3 Å². The summed E-state index contributed by atoms with van der Waals surface area (Å²) in [6, 6.07) is 16.3. The van der Waals surface area contributed by atoms with Crippen molar-refractivity contribution in [3.05, 3.63) is 60.6 Å². The molecular weight excluding hydrogens is 352 g/mol. The highest BCUT2D eigenvalue weighted by atomic mass is 16.2. The van der Waals surface area contributed by atoms with E-state index in [0.29, 0.717) is 6.54 Å². The first-order valence-corrected chi connectivity index (χ1v) is 9.93. The van der Waals surface area contributed by atoms with Crippen molar-refractivity contribution < 1.29 is 4.79 Å². The smallest absolute Gasteiger partial charge is 0.317 e. The highest BCUT2D eigenvalue weighted by Gasteiger charge is 2.19. The quantitative estimate of drug-likeness (QED) is 0.693. The summed E-state index contributed by atoms with van der Waals surface area (Å²) in [5.74, 6) is 0.929. The van der Waals surface area contributed by atoms with Crippen molar-refractivity contribution in [2.24, 2.45) is 0 Å². The minimum Gasteiger partial charge on any atom is -0.370 e. The molecule has 0 unspecified atom stereocenters. The summed E-state index contributed by atoms with van der Waals surface area (Å²) in [7, 11) is 0. The summed E-state index contributed by atoms with van der Waals surface area (Å²) in [5.41, 5.74) is 2.08. The summed E-state index contributed by atoms with van der Waals surface area (Å²) in [4.78, 5) is 16.8. The number of carbonyl (C=O) groups is 1. The topological polar surface area (TPSA) is 65.8 Å². The minimum atomic E-state index is 0.0287. The van der Waals surface area contributed by atoms with Crippen molar-refractivity contribution in [1.82, 2.24) is 24.8 Å². The maximum absolute atomic E-state index is 12.5. The summed E-state index contributed by atoms with van der Waals surface area (Å²) in [6.45, 7) is 4.02. The van der Waals surface area contributed by atoms with E-state index in [-0.39, 0.29) is 6.03 Å². The van der Waals surface area contributed by atoms with Gasteiger partial charge in [-0.25, -0.2) is 4.79 Å². The van der Waals surface area contributed by atoms with Gasteiger partial charge in [-0.15, -0.1) is 10.2 Å². The largest absolute Gasteiger partial charge is 0.370 e. The number of carbonyl (C=O) groups excluding carboxylic acids is 1. The van der Waals surface area contributed by atoms with Crippen LogP contribution in [0.5, 0.6) is 0 Å². The molecule has 7 heteroatoms. The van der Waals surface area contributed by atoms with Crippen LogP contribution in [0.3, 0.4) is 0 Å². The van der Waals surface area contributed by atoms with Gasteiger partial charge in [0.2, 0.25) is 0 Å². The Balaban J connectivity index is 1.23. The monoisotopic (exact) mass is 378 g/mol. The van der Waals surface area contributed by atoms with Crippen LogP contribution >= 0.6 is 0 Å². The van der Waals surface area contributed by atoms with Crippen LogP contribution in [-0.4, -0.2) is 58.3 Å². The molecule has 0 atom stereocenters. The van der Waals surface area contributed by atoms with Gasteiger partial charge in [0.25, 0.3) is 0 Å². The first-order chi connectivity index (χ1) is 13.8. The van der Waals surface area contributed by atoms with E-state index in [0.717, 1.165) is 56.9 Å². The Morgan fingerprint density at radius 2 is 1.82 bits per heavy atom. The summed E-state index contributed by atoms with van der Waals surface area (Å²) >= 11 is 0. The lowest BCUT2D eigenvalue weighted by molar-refractivity contribution is 0.201. The summed E-state index contributed by atoms with van der Waals surface area (Å²) in [5, 5.41) is 11.5. The maximum atomic E-state index is 12.5. The average Bonchev–Trinajstić information content (AvgIpc) is 2.98. The lowest BCUT2D eigenvalue weighted by atomic mass is 10.3. The Hall–Kier alpha value is -3.09. The van der Waals surface area contributed by atoms with E-state index in [9.17, 15) is 4.79 Å². The predicted octanol–water partition coefficient (Wildman–Crippen LogP) is 2.58. The number of para-hydroxylation sites is 1. The molecule has 7 nitrogen and oxygen atoms in total. The van der Waals surface area contributed by atoms with Crippen LogP contribution in [-0.2, 0) is 6.42 Å². The standard InChI is InChI=1S/C21H26N6O/c28-21(22-12-6-11-20-24-23-19-10-4-5-15-27(19)20)26-14-7-13-25(16-17-26)18-8-2-1-3-9-18/h1-5,8-10,15H,6-7,11-14,16-17H2,(H,22,28). The molecule has 0 spiro atoms. The van der Waals surface area contributed by atoms with Gasteiger partial charge in [-0.05, 0) is 37.1 Å². The number of pyridine rings is 1. The Labute approximate surface area is 165 Å². The fourth-order valence-corrected chi connectivity index (χ4v) is 3.63. The lowest BCUT2D eigenvalue weighted by Crippen LogP contribution is -2.42. The van der Waals surface area contributed by atoms with Crippen molar-refractivity contribution >= 4 is 17.4 Å². The third kappa shape index (κ3) is 4.24. The Morgan fingerprint density at radius 1 is 0.964 bits per heavy atom. The van der Waals surface area contributed by atoms with E-state index in [4.69, 9.17) is 0 Å². The van der Waals surface area contributed by atoms with Crippen LogP contribution in [0.25, 0.3) is 5.65 Å². The van der Waals surface area contributed by atoms with Crippen molar-refractivity contribution in [3.63, 3.8) is 0 Å². The maximum Gasteiger partial charge on any atom is 0.317 e. The highest BCUT2D eigenvalue weighted by molar-refractivity contribution is 5.74. The molecule has 0 radical (unpaired) electrons. The Bertz CT molecular complexity index is 909. The normalized spacial score (nSPS) is 14.9. The van der Waals surface area contributed by atoms with Crippen molar-refractivity contribution in [2.75, 3.05) is 37.6 Å². The number of nitrogens with zero attached hydrogens (tertiary/aromatic N) is 5. The van der Waals surface area contributed by atoms with Crippen LogP contribution in [0.15, 0.2) is 54.7 Å². The zero-order chi connectivity index (χ0) is 19.2. The van der Waals surface area contributed by atoms with Gasteiger partial charge >= 0.3 is 6.03 Å². The number of rotatable bonds is 5. The van der Waals surface area contributed by atoms with Crippen LogP contribution in [0, 0.1) is 0 Å². The van der Waals surface area contributed by atoms with E-state index in [2.05, 4.69) is 44.7 Å². The van der Waals surface area contributed by atoms with Crippen molar-refractivity contribution in [3.8, 4) is 0 Å². The van der Waals surface area contributed by atoms with Crippen molar-refractivity contribution in [1.29, 1.82) is 0 Å². The number of urea groups is 1. The minimum absolute atomic E-state index is 0.0287. The molecule has 0 aliphatic carbocycles. The van der Waals surface area contributed by atoms with Gasteiger partial charge in [0.1, 0.15) is 5.82 Å². The number of aromatic nitrogens is 3. The number of benzene rings is 1. The van der Waals surface area contributed by atoms with Gasteiger partial charge in [0.15, 0.2) is 5.65 Å². The fraction of sp³-hybridized carbons (Fsp3) is 0.381. The molecule has 3 aromatic rings. The number of hydrogen-bond donors (Lipinski definition) is 1. The molecule has 1 aromatic carbocycles. The number of fused-ring (bicyclic) bond motifs is 1.